The summed E-state index contributed by atoms with van der Waals surface area (Å²) in [5.74, 6) is -5.95. The van der Waals surface area contributed by atoms with Crippen molar-refractivity contribution >= 4 is 5.97 Å². The Kier molecular flexibility index (Phi) is 5.32. The lowest BCUT2D eigenvalue weighted by Gasteiger charge is -2.35. The van der Waals surface area contributed by atoms with Gasteiger partial charge in [0.2, 0.25) is 0 Å². The fourth-order valence-corrected chi connectivity index (χ4v) is 3.76. The van der Waals surface area contributed by atoms with Crippen molar-refractivity contribution < 1.29 is 55.1 Å². The lowest BCUT2D eigenvalue weighted by molar-refractivity contribution is -0.0191. The fourth-order valence-electron chi connectivity index (χ4n) is 3.76. The minimum atomic E-state index is -1.19. The van der Waals surface area contributed by atoms with E-state index in [9.17, 15) is 45.6 Å². The second-order valence-electron chi connectivity index (χ2n) is 7.80. The summed E-state index contributed by atoms with van der Waals surface area (Å²) in [6.07, 6.45) is -2.50. The first kappa shape index (κ1) is 22.5. The average molecular weight is 472 g/mol. The van der Waals surface area contributed by atoms with E-state index in [4.69, 9.17) is 9.47 Å². The summed E-state index contributed by atoms with van der Waals surface area (Å²) >= 11 is 0. The molecule has 2 atom stereocenters. The number of hydrogen-bond acceptors (Lipinski definition) is 11. The number of fused-ring (bicyclic) bond motifs is 1. The highest BCUT2D eigenvalue weighted by Gasteiger charge is 2.38. The minimum Gasteiger partial charge on any atom is -0.507 e. The van der Waals surface area contributed by atoms with Crippen molar-refractivity contribution in [3.63, 3.8) is 0 Å². The summed E-state index contributed by atoms with van der Waals surface area (Å²) in [5.41, 5.74) is 0.283. The number of benzene rings is 3. The lowest BCUT2D eigenvalue weighted by atomic mass is 9.92. The summed E-state index contributed by atoms with van der Waals surface area (Å²) in [6, 6.07) is 5.03. The van der Waals surface area contributed by atoms with Crippen LogP contribution in [-0.2, 0) is 11.2 Å². The van der Waals surface area contributed by atoms with Crippen LogP contribution in [-0.4, -0.2) is 52.9 Å². The van der Waals surface area contributed by atoms with Gasteiger partial charge in [-0.1, -0.05) is 0 Å². The molecule has 34 heavy (non-hydrogen) atoms. The van der Waals surface area contributed by atoms with E-state index in [1.165, 1.54) is 6.92 Å². The number of carbonyl (C=O) groups excluding carboxylic acids is 1. The number of rotatable bonds is 3. The van der Waals surface area contributed by atoms with Crippen LogP contribution in [0.1, 0.15) is 33.2 Å². The summed E-state index contributed by atoms with van der Waals surface area (Å²) in [5, 5.41) is 78.9. The zero-order valence-electron chi connectivity index (χ0n) is 17.6. The zero-order chi connectivity index (χ0) is 24.9. The second-order valence-corrected chi connectivity index (χ2v) is 7.80. The van der Waals surface area contributed by atoms with Crippen molar-refractivity contribution in [1.29, 1.82) is 0 Å². The van der Waals surface area contributed by atoms with E-state index in [1.54, 1.807) is 0 Å². The van der Waals surface area contributed by atoms with Gasteiger partial charge in [-0.15, -0.1) is 0 Å². The van der Waals surface area contributed by atoms with Gasteiger partial charge in [-0.25, -0.2) is 4.79 Å². The number of hydrogen-bond donors (Lipinski definition) is 8. The van der Waals surface area contributed by atoms with Gasteiger partial charge in [-0.3, -0.25) is 0 Å². The maximum absolute atomic E-state index is 12.8. The fraction of sp³-hybridized carbons (Fsp3) is 0.174. The standard InChI is InChI=1S/C23H20O11/c1-8-12(24)7-13(25)11-6-18(33-23(32)10-4-16(28)20(31)17(29)5-10)22(34-21(8)11)9-2-14(26)19(30)15(27)3-9/h2-5,7,18,22,24-31H,6H2,1H3/t18-,22-/m1/s1. The van der Waals surface area contributed by atoms with Gasteiger partial charge in [0, 0.05) is 29.2 Å². The first-order chi connectivity index (χ1) is 16.0. The van der Waals surface area contributed by atoms with Crippen molar-refractivity contribution in [3.8, 4) is 51.7 Å². The van der Waals surface area contributed by atoms with Gasteiger partial charge in [0.25, 0.3) is 0 Å². The van der Waals surface area contributed by atoms with Gasteiger partial charge in [0.15, 0.2) is 40.6 Å². The number of esters is 1. The molecule has 0 spiro atoms. The topological polar surface area (TPSA) is 197 Å². The summed E-state index contributed by atoms with van der Waals surface area (Å²) in [4.78, 5) is 12.8. The van der Waals surface area contributed by atoms with Gasteiger partial charge in [-0.05, 0) is 31.2 Å². The van der Waals surface area contributed by atoms with Gasteiger partial charge in [-0.2, -0.15) is 0 Å². The third-order valence-corrected chi connectivity index (χ3v) is 5.55. The molecule has 0 saturated heterocycles. The maximum Gasteiger partial charge on any atom is 0.338 e. The molecule has 0 saturated carbocycles. The molecule has 11 nitrogen and oxygen atoms in total. The SMILES string of the molecule is Cc1c(O)cc(O)c2c1O[C@H](c1cc(O)c(O)c(O)c1)[C@H](OC(=O)c1cc(O)c(O)c(O)c1)C2. The van der Waals surface area contributed by atoms with E-state index in [0.29, 0.717) is 0 Å². The molecule has 178 valence electrons. The Morgan fingerprint density at radius 3 is 1.88 bits per heavy atom. The van der Waals surface area contributed by atoms with Crippen LogP contribution in [0.4, 0.5) is 0 Å². The molecule has 3 aromatic rings. The number of carbonyl (C=O) groups is 1. The molecule has 4 rings (SSSR count). The maximum atomic E-state index is 12.8. The highest BCUT2D eigenvalue weighted by atomic mass is 16.6. The van der Waals surface area contributed by atoms with Crippen LogP contribution >= 0.6 is 0 Å². The highest BCUT2D eigenvalue weighted by molar-refractivity contribution is 5.91. The molecule has 0 amide bonds. The Bertz CT molecular complexity index is 1270. The van der Waals surface area contributed by atoms with Crippen LogP contribution in [0, 0.1) is 6.92 Å². The second kappa shape index (κ2) is 8.03. The summed E-state index contributed by atoms with van der Waals surface area (Å²) in [6.45, 7) is 1.53. The molecular formula is C23H20O11. The van der Waals surface area contributed by atoms with E-state index in [2.05, 4.69) is 0 Å². The molecule has 0 fully saturated rings. The summed E-state index contributed by atoms with van der Waals surface area (Å²) in [7, 11) is 0. The van der Waals surface area contributed by atoms with E-state index < -0.39 is 52.7 Å². The van der Waals surface area contributed by atoms with E-state index in [0.717, 1.165) is 30.3 Å². The van der Waals surface area contributed by atoms with E-state index in [1.807, 2.05) is 0 Å². The predicted octanol–water partition coefficient (Wildman–Crippen LogP) is 2.54. The smallest absolute Gasteiger partial charge is 0.338 e. The molecule has 0 bridgehead atoms. The first-order valence-electron chi connectivity index (χ1n) is 9.89. The molecule has 0 radical (unpaired) electrons. The minimum absolute atomic E-state index is 0.0925. The Labute approximate surface area is 191 Å². The van der Waals surface area contributed by atoms with Crippen LogP contribution in [0.3, 0.4) is 0 Å². The van der Waals surface area contributed by atoms with Crippen LogP contribution < -0.4 is 4.74 Å². The molecule has 1 heterocycles. The molecule has 11 heteroatoms. The van der Waals surface area contributed by atoms with Crippen LogP contribution in [0.2, 0.25) is 0 Å². The molecule has 0 unspecified atom stereocenters. The van der Waals surface area contributed by atoms with Gasteiger partial charge in [0.1, 0.15) is 23.4 Å². The Morgan fingerprint density at radius 2 is 1.32 bits per heavy atom. The molecule has 0 aromatic heterocycles. The van der Waals surface area contributed by atoms with Crippen LogP contribution in [0.15, 0.2) is 30.3 Å². The van der Waals surface area contributed by atoms with Crippen molar-refractivity contribution in [2.24, 2.45) is 0 Å². The lowest BCUT2D eigenvalue weighted by Crippen LogP contribution is -2.35. The number of aromatic hydroxyl groups is 8. The van der Waals surface area contributed by atoms with Crippen LogP contribution in [0.5, 0.6) is 51.7 Å². The van der Waals surface area contributed by atoms with Gasteiger partial charge in [0.05, 0.1) is 5.56 Å². The molecule has 1 aliphatic heterocycles. The molecule has 8 N–H and O–H groups in total. The molecular weight excluding hydrogens is 452 g/mol. The molecule has 0 aliphatic carbocycles. The number of phenols is 8. The predicted molar refractivity (Wildman–Crippen MR) is 114 cm³/mol. The van der Waals surface area contributed by atoms with Gasteiger partial charge < -0.3 is 50.3 Å². The van der Waals surface area contributed by atoms with Gasteiger partial charge >= 0.3 is 5.97 Å². The highest BCUT2D eigenvalue weighted by Crippen LogP contribution is 2.47. The summed E-state index contributed by atoms with van der Waals surface area (Å²) < 4.78 is 11.5. The Balaban J connectivity index is 1.78. The first-order valence-corrected chi connectivity index (χ1v) is 9.89. The van der Waals surface area contributed by atoms with E-state index in [-0.39, 0.29) is 45.9 Å². The monoisotopic (exact) mass is 472 g/mol. The molecule has 3 aromatic carbocycles. The largest absolute Gasteiger partial charge is 0.507 e. The zero-order valence-corrected chi connectivity index (χ0v) is 17.6. The van der Waals surface area contributed by atoms with E-state index >= 15 is 0 Å². The Hall–Kier alpha value is -4.67. The van der Waals surface area contributed by atoms with Crippen molar-refractivity contribution in [1.82, 2.24) is 0 Å². The number of ether oxygens (including phenoxy) is 2. The number of phenolic OH excluding ortho intramolecular Hbond substituents is 8. The van der Waals surface area contributed by atoms with Crippen molar-refractivity contribution in [2.45, 2.75) is 25.6 Å². The van der Waals surface area contributed by atoms with Crippen LogP contribution in [0.25, 0.3) is 0 Å². The van der Waals surface area contributed by atoms with Crippen molar-refractivity contribution in [2.75, 3.05) is 0 Å². The average Bonchev–Trinajstić information content (AvgIpc) is 2.78. The quantitative estimate of drug-likeness (QED) is 0.206. The third kappa shape index (κ3) is 3.72. The third-order valence-electron chi connectivity index (χ3n) is 5.55. The molecule has 1 aliphatic rings. The normalized spacial score (nSPS) is 17.0. The van der Waals surface area contributed by atoms with Crippen molar-refractivity contribution in [3.05, 3.63) is 52.6 Å². The Morgan fingerprint density at radius 1 is 0.794 bits per heavy atom.